The molecule has 22 heavy (non-hydrogen) atoms. The zero-order valence-corrected chi connectivity index (χ0v) is 15.8. The molecule has 0 aromatic carbocycles. The molecule has 5 nitrogen and oxygen atoms in total. The average molecular weight is 421 g/mol. The van der Waals surface area contributed by atoms with E-state index in [-0.39, 0.29) is 30.1 Å². The van der Waals surface area contributed by atoms with Gasteiger partial charge in [0.25, 0.3) is 0 Å². The van der Waals surface area contributed by atoms with Crippen molar-refractivity contribution in [3.05, 3.63) is 24.2 Å². The fourth-order valence-electron chi connectivity index (χ4n) is 2.36. The number of aliphatic imine (C=N–C) groups is 1. The van der Waals surface area contributed by atoms with E-state index < -0.39 is 0 Å². The van der Waals surface area contributed by atoms with Crippen LogP contribution in [0.25, 0.3) is 0 Å². The standard InChI is InChI=1S/C16H27N3O2.HI/c1-3-13(2)18-16(19-10-7-14(20)8-11-19)17-9-6-15-5-4-12-21-15;/h4-5,12-14,20H,3,6-11H2,1-2H3,(H,17,18);1H. The highest BCUT2D eigenvalue weighted by Gasteiger charge is 2.20. The van der Waals surface area contributed by atoms with Crippen LogP contribution in [-0.4, -0.2) is 47.7 Å². The molecule has 1 aromatic rings. The number of hydrogen-bond acceptors (Lipinski definition) is 3. The summed E-state index contributed by atoms with van der Waals surface area (Å²) in [7, 11) is 0. The number of guanidine groups is 1. The molecule has 6 heteroatoms. The van der Waals surface area contributed by atoms with Gasteiger partial charge in [0.1, 0.15) is 5.76 Å². The van der Waals surface area contributed by atoms with E-state index in [9.17, 15) is 5.11 Å². The predicted octanol–water partition coefficient (Wildman–Crippen LogP) is 2.64. The topological polar surface area (TPSA) is 61.0 Å². The smallest absolute Gasteiger partial charge is 0.194 e. The summed E-state index contributed by atoms with van der Waals surface area (Å²) in [6.45, 7) is 6.78. The second-order valence-electron chi connectivity index (χ2n) is 5.71. The minimum atomic E-state index is -0.158. The number of aliphatic hydroxyl groups excluding tert-OH is 1. The maximum atomic E-state index is 9.64. The molecule has 0 saturated carbocycles. The van der Waals surface area contributed by atoms with Crippen LogP contribution in [0.5, 0.6) is 0 Å². The van der Waals surface area contributed by atoms with Crippen molar-refractivity contribution >= 4 is 29.9 Å². The van der Waals surface area contributed by atoms with Gasteiger partial charge in [-0.1, -0.05) is 6.92 Å². The summed E-state index contributed by atoms with van der Waals surface area (Å²) in [4.78, 5) is 6.98. The Kier molecular flexibility index (Phi) is 8.85. The lowest BCUT2D eigenvalue weighted by Gasteiger charge is -2.33. The number of hydrogen-bond donors (Lipinski definition) is 2. The number of nitrogens with one attached hydrogen (secondary N) is 1. The van der Waals surface area contributed by atoms with Crippen LogP contribution < -0.4 is 5.32 Å². The third-order valence-electron chi connectivity index (χ3n) is 3.95. The van der Waals surface area contributed by atoms with Crippen LogP contribution in [-0.2, 0) is 6.42 Å². The van der Waals surface area contributed by atoms with Crippen molar-refractivity contribution in [2.24, 2.45) is 4.99 Å². The second-order valence-corrected chi connectivity index (χ2v) is 5.71. The normalized spacial score (nSPS) is 18.0. The van der Waals surface area contributed by atoms with Gasteiger partial charge in [0.05, 0.1) is 12.4 Å². The molecule has 126 valence electrons. The first-order valence-electron chi connectivity index (χ1n) is 7.95. The van der Waals surface area contributed by atoms with Gasteiger partial charge in [-0.2, -0.15) is 0 Å². The molecule has 0 bridgehead atoms. The van der Waals surface area contributed by atoms with E-state index in [4.69, 9.17) is 9.41 Å². The number of rotatable bonds is 5. The lowest BCUT2D eigenvalue weighted by molar-refractivity contribution is 0.107. The number of piperidine rings is 1. The van der Waals surface area contributed by atoms with E-state index >= 15 is 0 Å². The summed E-state index contributed by atoms with van der Waals surface area (Å²) in [6, 6.07) is 4.29. The van der Waals surface area contributed by atoms with Crippen LogP contribution in [0, 0.1) is 0 Å². The van der Waals surface area contributed by atoms with Gasteiger partial charge in [-0.25, -0.2) is 0 Å². The molecule has 0 aliphatic carbocycles. The molecule has 1 aromatic heterocycles. The van der Waals surface area contributed by atoms with E-state index in [1.54, 1.807) is 6.26 Å². The third kappa shape index (κ3) is 6.16. The van der Waals surface area contributed by atoms with Crippen LogP contribution in [0.3, 0.4) is 0 Å². The minimum absolute atomic E-state index is 0. The summed E-state index contributed by atoms with van der Waals surface area (Å²) in [5.41, 5.74) is 0. The lowest BCUT2D eigenvalue weighted by Crippen LogP contribution is -2.49. The van der Waals surface area contributed by atoms with Crippen molar-refractivity contribution < 1.29 is 9.52 Å². The molecule has 0 amide bonds. The van der Waals surface area contributed by atoms with E-state index in [0.29, 0.717) is 12.6 Å². The number of nitrogens with zero attached hydrogens (tertiary/aromatic N) is 2. The molecule has 0 radical (unpaired) electrons. The fraction of sp³-hybridized carbons (Fsp3) is 0.688. The molecule has 2 N–H and O–H groups in total. The van der Waals surface area contributed by atoms with Crippen molar-refractivity contribution in [3.63, 3.8) is 0 Å². The summed E-state index contributed by atoms with van der Waals surface area (Å²) >= 11 is 0. The molecule has 1 saturated heterocycles. The quantitative estimate of drug-likeness (QED) is 0.436. The highest BCUT2D eigenvalue weighted by atomic mass is 127. The van der Waals surface area contributed by atoms with Crippen molar-refractivity contribution in [1.82, 2.24) is 10.2 Å². The summed E-state index contributed by atoms with van der Waals surface area (Å²) < 4.78 is 5.34. The molecule has 1 fully saturated rings. The van der Waals surface area contributed by atoms with Gasteiger partial charge in [0.15, 0.2) is 5.96 Å². The highest BCUT2D eigenvalue weighted by molar-refractivity contribution is 14.0. The van der Waals surface area contributed by atoms with Gasteiger partial charge in [0, 0.05) is 32.1 Å². The molecule has 2 rings (SSSR count). The van der Waals surface area contributed by atoms with E-state index in [1.807, 2.05) is 12.1 Å². The van der Waals surface area contributed by atoms with Crippen LogP contribution in [0.2, 0.25) is 0 Å². The largest absolute Gasteiger partial charge is 0.469 e. The van der Waals surface area contributed by atoms with Gasteiger partial charge in [-0.05, 0) is 38.3 Å². The summed E-state index contributed by atoms with van der Waals surface area (Å²) in [5.74, 6) is 1.93. The molecule has 1 aliphatic heterocycles. The van der Waals surface area contributed by atoms with Crippen molar-refractivity contribution in [1.29, 1.82) is 0 Å². The van der Waals surface area contributed by atoms with Gasteiger partial charge >= 0.3 is 0 Å². The Morgan fingerprint density at radius 3 is 2.82 bits per heavy atom. The maximum Gasteiger partial charge on any atom is 0.194 e. The molecular weight excluding hydrogens is 393 g/mol. The SMILES string of the molecule is CCC(C)NC(=NCCc1ccco1)N1CCC(O)CC1.I. The van der Waals surface area contributed by atoms with Crippen LogP contribution in [0.15, 0.2) is 27.8 Å². The monoisotopic (exact) mass is 421 g/mol. The van der Waals surface area contributed by atoms with E-state index in [1.165, 1.54) is 0 Å². The maximum absolute atomic E-state index is 9.64. The Bertz CT molecular complexity index is 429. The summed E-state index contributed by atoms with van der Waals surface area (Å²) in [5, 5.41) is 13.1. The molecule has 2 heterocycles. The van der Waals surface area contributed by atoms with Gasteiger partial charge < -0.3 is 19.7 Å². The van der Waals surface area contributed by atoms with E-state index in [2.05, 4.69) is 24.1 Å². The van der Waals surface area contributed by atoms with Gasteiger partial charge in [-0.15, -0.1) is 24.0 Å². The molecule has 1 aliphatic rings. The zero-order chi connectivity index (χ0) is 15.1. The Morgan fingerprint density at radius 2 is 2.23 bits per heavy atom. The Morgan fingerprint density at radius 1 is 1.50 bits per heavy atom. The Balaban J connectivity index is 0.00000242. The van der Waals surface area contributed by atoms with Crippen LogP contribution in [0.1, 0.15) is 38.9 Å². The second kappa shape index (κ2) is 10.1. The lowest BCUT2D eigenvalue weighted by atomic mass is 10.1. The number of likely N-dealkylation sites (tertiary alicyclic amines) is 1. The zero-order valence-electron chi connectivity index (χ0n) is 13.5. The molecular formula is C16H28IN3O2. The predicted molar refractivity (Wildman–Crippen MR) is 99.8 cm³/mol. The van der Waals surface area contributed by atoms with Crippen molar-refractivity contribution in [2.45, 2.75) is 51.7 Å². The third-order valence-corrected chi connectivity index (χ3v) is 3.95. The Labute approximate surface area is 150 Å². The molecule has 1 unspecified atom stereocenters. The molecule has 0 spiro atoms. The van der Waals surface area contributed by atoms with Crippen LogP contribution in [0.4, 0.5) is 0 Å². The average Bonchev–Trinajstić information content (AvgIpc) is 3.00. The van der Waals surface area contributed by atoms with Crippen LogP contribution >= 0.6 is 24.0 Å². The first-order valence-corrected chi connectivity index (χ1v) is 7.95. The van der Waals surface area contributed by atoms with Crippen molar-refractivity contribution in [3.8, 4) is 0 Å². The van der Waals surface area contributed by atoms with Gasteiger partial charge in [-0.3, -0.25) is 4.99 Å². The minimum Gasteiger partial charge on any atom is -0.469 e. The Hall–Kier alpha value is -0.760. The van der Waals surface area contributed by atoms with E-state index in [0.717, 1.165) is 50.5 Å². The summed E-state index contributed by atoms with van der Waals surface area (Å²) in [6.07, 6.45) is 5.06. The number of halogens is 1. The molecule has 1 atom stereocenters. The number of aliphatic hydroxyl groups is 1. The first-order chi connectivity index (χ1) is 10.2. The first kappa shape index (κ1) is 19.3. The van der Waals surface area contributed by atoms with Crippen molar-refractivity contribution in [2.75, 3.05) is 19.6 Å². The fourth-order valence-corrected chi connectivity index (χ4v) is 2.36. The highest BCUT2D eigenvalue weighted by Crippen LogP contribution is 2.11. The van der Waals surface area contributed by atoms with Gasteiger partial charge in [0.2, 0.25) is 0 Å². The number of furan rings is 1.